The Hall–Kier alpha value is -1.81. The Morgan fingerprint density at radius 2 is 2.14 bits per heavy atom. The van der Waals surface area contributed by atoms with Crippen molar-refractivity contribution in [2.75, 3.05) is 13.1 Å². The van der Waals surface area contributed by atoms with Crippen molar-refractivity contribution in [2.45, 2.75) is 38.1 Å². The smallest absolute Gasteiger partial charge is 0.227 e. The second kappa shape index (κ2) is 4.88. The summed E-state index contributed by atoms with van der Waals surface area (Å²) in [4.78, 5) is 14.2. The molecular formula is C17H20N2O2. The van der Waals surface area contributed by atoms with Crippen LogP contribution in [0.25, 0.3) is 11.0 Å². The van der Waals surface area contributed by atoms with Crippen LogP contribution < -0.4 is 5.73 Å². The van der Waals surface area contributed by atoms with Gasteiger partial charge in [-0.1, -0.05) is 0 Å². The van der Waals surface area contributed by atoms with Gasteiger partial charge >= 0.3 is 0 Å². The summed E-state index contributed by atoms with van der Waals surface area (Å²) in [6, 6.07) is 4.51. The summed E-state index contributed by atoms with van der Waals surface area (Å²) < 4.78 is 5.66. The van der Waals surface area contributed by atoms with Gasteiger partial charge in [0, 0.05) is 30.1 Å². The van der Waals surface area contributed by atoms with E-state index in [1.807, 2.05) is 4.90 Å². The minimum Gasteiger partial charge on any atom is -0.464 e. The Morgan fingerprint density at radius 3 is 2.90 bits per heavy atom. The molecule has 1 amide bonds. The average molecular weight is 284 g/mol. The van der Waals surface area contributed by atoms with Crippen LogP contribution in [-0.4, -0.2) is 29.9 Å². The van der Waals surface area contributed by atoms with Crippen LogP contribution in [0.15, 0.2) is 22.8 Å². The zero-order valence-electron chi connectivity index (χ0n) is 12.1. The molecule has 4 heteroatoms. The van der Waals surface area contributed by atoms with Crippen molar-refractivity contribution in [1.29, 1.82) is 0 Å². The second-order valence-corrected chi connectivity index (χ2v) is 6.30. The number of furan rings is 1. The van der Waals surface area contributed by atoms with Crippen molar-refractivity contribution in [1.82, 2.24) is 4.90 Å². The summed E-state index contributed by atoms with van der Waals surface area (Å²) in [5.41, 5.74) is 10.6. The van der Waals surface area contributed by atoms with Crippen molar-refractivity contribution in [2.24, 2.45) is 5.73 Å². The Labute approximate surface area is 123 Å². The van der Waals surface area contributed by atoms with Crippen LogP contribution in [0, 0.1) is 0 Å². The van der Waals surface area contributed by atoms with Gasteiger partial charge in [-0.3, -0.25) is 4.79 Å². The van der Waals surface area contributed by atoms with E-state index < -0.39 is 0 Å². The Morgan fingerprint density at radius 1 is 1.33 bits per heavy atom. The topological polar surface area (TPSA) is 59.5 Å². The van der Waals surface area contributed by atoms with Gasteiger partial charge in [0.05, 0.1) is 12.7 Å². The average Bonchev–Trinajstić information content (AvgIpc) is 3.17. The molecule has 1 aromatic heterocycles. The number of rotatable bonds is 2. The third kappa shape index (κ3) is 2.23. The number of nitrogens with zero attached hydrogens (tertiary/aromatic N) is 1. The summed E-state index contributed by atoms with van der Waals surface area (Å²) in [6.45, 7) is 1.47. The SMILES string of the molecule is N[C@@H]1CCN(C(=O)Cc2coc3cc4c(cc23)CCC4)C1. The first-order chi connectivity index (χ1) is 10.2. The normalized spacial score (nSPS) is 21.2. The number of hydrogen-bond acceptors (Lipinski definition) is 3. The van der Waals surface area contributed by atoms with E-state index in [1.165, 1.54) is 17.5 Å². The van der Waals surface area contributed by atoms with Crippen LogP contribution in [0.3, 0.4) is 0 Å². The molecule has 0 bridgehead atoms. The Kier molecular flexibility index (Phi) is 3.00. The number of benzene rings is 1. The first-order valence-electron chi connectivity index (χ1n) is 7.76. The van der Waals surface area contributed by atoms with Gasteiger partial charge in [-0.2, -0.15) is 0 Å². The monoisotopic (exact) mass is 284 g/mol. The second-order valence-electron chi connectivity index (χ2n) is 6.30. The van der Waals surface area contributed by atoms with Gasteiger partial charge in [0.1, 0.15) is 5.58 Å². The number of hydrogen-bond donors (Lipinski definition) is 1. The fourth-order valence-corrected chi connectivity index (χ4v) is 3.57. The van der Waals surface area contributed by atoms with Crippen LogP contribution in [0.2, 0.25) is 0 Å². The van der Waals surface area contributed by atoms with Crippen LogP contribution in [-0.2, 0) is 24.1 Å². The Balaban J connectivity index is 1.60. The highest BCUT2D eigenvalue weighted by atomic mass is 16.3. The Bertz CT molecular complexity index is 704. The molecule has 0 saturated carbocycles. The highest BCUT2D eigenvalue weighted by Gasteiger charge is 2.24. The fraction of sp³-hybridized carbons (Fsp3) is 0.471. The van der Waals surface area contributed by atoms with Gasteiger partial charge < -0.3 is 15.1 Å². The summed E-state index contributed by atoms with van der Waals surface area (Å²) in [6.07, 6.45) is 6.58. The van der Waals surface area contributed by atoms with E-state index in [2.05, 4.69) is 12.1 Å². The molecule has 2 aromatic rings. The molecule has 1 aromatic carbocycles. The van der Waals surface area contributed by atoms with Crippen molar-refractivity contribution in [3.05, 3.63) is 35.1 Å². The molecule has 2 aliphatic rings. The van der Waals surface area contributed by atoms with Crippen molar-refractivity contribution in [3.8, 4) is 0 Å². The van der Waals surface area contributed by atoms with Gasteiger partial charge in [0.25, 0.3) is 0 Å². The highest BCUT2D eigenvalue weighted by Crippen LogP contribution is 2.30. The molecule has 1 aliphatic carbocycles. The van der Waals surface area contributed by atoms with Gasteiger partial charge in [-0.15, -0.1) is 0 Å². The molecule has 2 heterocycles. The molecule has 2 N–H and O–H groups in total. The molecule has 1 atom stereocenters. The van der Waals surface area contributed by atoms with E-state index in [9.17, 15) is 4.79 Å². The third-order valence-corrected chi connectivity index (χ3v) is 4.79. The summed E-state index contributed by atoms with van der Waals surface area (Å²) in [5.74, 6) is 0.158. The van der Waals surface area contributed by atoms with Crippen LogP contribution in [0.4, 0.5) is 0 Å². The standard InChI is InChI=1S/C17H20N2O2/c18-14-4-5-19(9-14)17(20)8-13-10-21-16-7-12-3-1-2-11(12)6-15(13)16/h6-7,10,14H,1-5,8-9,18H2/t14-/m1/s1. The minimum atomic E-state index is 0.137. The van der Waals surface area contributed by atoms with Gasteiger partial charge in [0.15, 0.2) is 0 Å². The number of nitrogens with two attached hydrogens (primary N) is 1. The van der Waals surface area contributed by atoms with E-state index in [-0.39, 0.29) is 11.9 Å². The molecule has 4 nitrogen and oxygen atoms in total. The maximum Gasteiger partial charge on any atom is 0.227 e. The number of carbonyl (C=O) groups is 1. The lowest BCUT2D eigenvalue weighted by Crippen LogP contribution is -2.32. The van der Waals surface area contributed by atoms with E-state index in [4.69, 9.17) is 10.2 Å². The molecule has 110 valence electrons. The summed E-state index contributed by atoms with van der Waals surface area (Å²) in [5, 5.41) is 1.10. The largest absolute Gasteiger partial charge is 0.464 e. The zero-order valence-corrected chi connectivity index (χ0v) is 12.1. The van der Waals surface area contributed by atoms with E-state index in [0.717, 1.165) is 42.3 Å². The maximum atomic E-state index is 12.4. The lowest BCUT2D eigenvalue weighted by atomic mass is 10.0. The van der Waals surface area contributed by atoms with E-state index in [0.29, 0.717) is 13.0 Å². The molecular weight excluding hydrogens is 264 g/mol. The lowest BCUT2D eigenvalue weighted by Gasteiger charge is -2.15. The molecule has 4 rings (SSSR count). The first kappa shape index (κ1) is 12.9. The molecule has 1 aliphatic heterocycles. The van der Waals surface area contributed by atoms with Crippen LogP contribution in [0.5, 0.6) is 0 Å². The molecule has 1 fully saturated rings. The molecule has 0 radical (unpaired) electrons. The van der Waals surface area contributed by atoms with Gasteiger partial charge in [-0.05, 0) is 48.9 Å². The van der Waals surface area contributed by atoms with Crippen LogP contribution >= 0.6 is 0 Å². The van der Waals surface area contributed by atoms with Crippen molar-refractivity contribution >= 4 is 16.9 Å². The minimum absolute atomic E-state index is 0.137. The highest BCUT2D eigenvalue weighted by molar-refractivity contribution is 5.88. The van der Waals surface area contributed by atoms with Crippen molar-refractivity contribution < 1.29 is 9.21 Å². The van der Waals surface area contributed by atoms with Crippen LogP contribution in [0.1, 0.15) is 29.5 Å². The lowest BCUT2D eigenvalue weighted by molar-refractivity contribution is -0.129. The number of carbonyl (C=O) groups excluding carboxylic acids is 1. The first-order valence-corrected chi connectivity index (χ1v) is 7.76. The third-order valence-electron chi connectivity index (χ3n) is 4.79. The molecule has 0 unspecified atom stereocenters. The maximum absolute atomic E-state index is 12.4. The van der Waals surface area contributed by atoms with Gasteiger partial charge in [0.2, 0.25) is 5.91 Å². The molecule has 1 saturated heterocycles. The quantitative estimate of drug-likeness (QED) is 0.918. The van der Waals surface area contributed by atoms with E-state index in [1.54, 1.807) is 6.26 Å². The van der Waals surface area contributed by atoms with E-state index >= 15 is 0 Å². The molecule has 21 heavy (non-hydrogen) atoms. The number of likely N-dealkylation sites (tertiary alicyclic amines) is 1. The number of fused-ring (bicyclic) bond motifs is 2. The molecule has 0 spiro atoms. The predicted molar refractivity (Wildman–Crippen MR) is 81.1 cm³/mol. The zero-order chi connectivity index (χ0) is 14.4. The number of amides is 1. The fourth-order valence-electron chi connectivity index (χ4n) is 3.57. The van der Waals surface area contributed by atoms with Gasteiger partial charge in [-0.25, -0.2) is 0 Å². The summed E-state index contributed by atoms with van der Waals surface area (Å²) >= 11 is 0. The predicted octanol–water partition coefficient (Wildman–Crippen LogP) is 2.02. The van der Waals surface area contributed by atoms with Crippen molar-refractivity contribution in [3.63, 3.8) is 0 Å². The number of aryl methyl sites for hydroxylation is 2. The summed E-state index contributed by atoms with van der Waals surface area (Å²) in [7, 11) is 0.